The molecule has 0 aromatic heterocycles. The maximum absolute atomic E-state index is 12.5. The van der Waals surface area contributed by atoms with Crippen LogP contribution in [0, 0.1) is 5.92 Å². The van der Waals surface area contributed by atoms with Crippen LogP contribution in [0.25, 0.3) is 0 Å². The normalized spacial score (nSPS) is 23.8. The van der Waals surface area contributed by atoms with E-state index in [1.165, 1.54) is 0 Å². The summed E-state index contributed by atoms with van der Waals surface area (Å²) in [5.41, 5.74) is 0.759. The van der Waals surface area contributed by atoms with Crippen molar-refractivity contribution >= 4 is 11.6 Å². The van der Waals surface area contributed by atoms with Crippen LogP contribution >= 0.6 is 0 Å². The van der Waals surface area contributed by atoms with Crippen LogP contribution < -0.4 is 10.1 Å². The number of methoxy groups -OCH3 is 1. The molecule has 3 unspecified atom stereocenters. The Bertz CT molecular complexity index is 489. The fourth-order valence-electron chi connectivity index (χ4n) is 2.87. The number of nitrogens with one attached hydrogen (secondary N) is 1. The van der Waals surface area contributed by atoms with E-state index in [2.05, 4.69) is 17.1 Å². The molecule has 1 aromatic rings. The van der Waals surface area contributed by atoms with Crippen molar-refractivity contribution in [1.82, 2.24) is 4.90 Å². The molecule has 0 bridgehead atoms. The number of benzene rings is 1. The third-order valence-corrected chi connectivity index (χ3v) is 4.44. The lowest BCUT2D eigenvalue weighted by atomic mass is 9.94. The molecule has 5 nitrogen and oxygen atoms in total. The first-order valence-electron chi connectivity index (χ1n) is 7.92. The third-order valence-electron chi connectivity index (χ3n) is 4.44. The number of carbonyl (C=O) groups is 1. The van der Waals surface area contributed by atoms with E-state index in [4.69, 9.17) is 4.74 Å². The minimum absolute atomic E-state index is 0.0191. The van der Waals surface area contributed by atoms with Gasteiger partial charge in [0.25, 0.3) is 0 Å². The Kier molecular flexibility index (Phi) is 5.80. The zero-order valence-corrected chi connectivity index (χ0v) is 13.6. The number of β-amino-alcohol motifs (C(OH)–C–C–N with tert-alkyl or cyclic N) is 1. The van der Waals surface area contributed by atoms with Crippen molar-refractivity contribution in [3.8, 4) is 5.75 Å². The fraction of sp³-hybridized carbons (Fsp3) is 0.588. The lowest BCUT2D eigenvalue weighted by Gasteiger charge is -2.38. The summed E-state index contributed by atoms with van der Waals surface area (Å²) in [5.74, 6) is 1.05. The van der Waals surface area contributed by atoms with Gasteiger partial charge in [-0.15, -0.1) is 0 Å². The Morgan fingerprint density at radius 3 is 2.68 bits per heavy atom. The van der Waals surface area contributed by atoms with Gasteiger partial charge in [-0.3, -0.25) is 9.69 Å². The number of ether oxygens (including phenoxy) is 1. The maximum atomic E-state index is 12.5. The molecule has 1 amide bonds. The number of anilines is 1. The van der Waals surface area contributed by atoms with E-state index >= 15 is 0 Å². The van der Waals surface area contributed by atoms with E-state index < -0.39 is 0 Å². The minimum atomic E-state index is -0.350. The molecule has 0 aliphatic carbocycles. The molecule has 2 rings (SSSR count). The largest absolute Gasteiger partial charge is 0.497 e. The molecule has 1 aliphatic heterocycles. The van der Waals surface area contributed by atoms with Crippen LogP contribution in [0.4, 0.5) is 5.69 Å². The summed E-state index contributed by atoms with van der Waals surface area (Å²) in [4.78, 5) is 14.6. The lowest BCUT2D eigenvalue weighted by Crippen LogP contribution is -2.51. The first-order chi connectivity index (χ1) is 10.5. The minimum Gasteiger partial charge on any atom is -0.497 e. The summed E-state index contributed by atoms with van der Waals surface area (Å²) in [6.45, 7) is 5.48. The molecule has 3 atom stereocenters. The van der Waals surface area contributed by atoms with Gasteiger partial charge in [-0.1, -0.05) is 13.8 Å². The van der Waals surface area contributed by atoms with Crippen molar-refractivity contribution in [3.05, 3.63) is 24.3 Å². The zero-order valence-electron chi connectivity index (χ0n) is 13.6. The third kappa shape index (κ3) is 3.99. The topological polar surface area (TPSA) is 61.8 Å². The Balaban J connectivity index is 1.99. The van der Waals surface area contributed by atoms with Gasteiger partial charge in [0.15, 0.2) is 0 Å². The first kappa shape index (κ1) is 16.8. The van der Waals surface area contributed by atoms with Gasteiger partial charge in [0.05, 0.1) is 19.3 Å². The molecule has 1 fully saturated rings. The molecule has 1 heterocycles. The molecular formula is C17H26N2O3. The molecule has 2 N–H and O–H groups in total. The van der Waals surface area contributed by atoms with Crippen LogP contribution in [0.1, 0.15) is 26.7 Å². The van der Waals surface area contributed by atoms with Crippen molar-refractivity contribution in [2.24, 2.45) is 5.92 Å². The van der Waals surface area contributed by atoms with E-state index in [-0.39, 0.29) is 18.1 Å². The Morgan fingerprint density at radius 2 is 2.14 bits per heavy atom. The summed E-state index contributed by atoms with van der Waals surface area (Å²) < 4.78 is 5.11. The standard InChI is InChI=1S/C17H26N2O3/c1-4-15(19-10-9-12(2)16(20)11-19)17(21)18-13-5-7-14(22-3)8-6-13/h5-8,12,15-16,20H,4,9-11H2,1-3H3,(H,18,21). The van der Waals surface area contributed by atoms with Gasteiger partial charge in [-0.05, 0) is 49.6 Å². The number of rotatable bonds is 5. The van der Waals surface area contributed by atoms with Crippen LogP contribution in [0.2, 0.25) is 0 Å². The second kappa shape index (κ2) is 7.61. The second-order valence-corrected chi connectivity index (χ2v) is 5.97. The molecule has 5 heteroatoms. The van der Waals surface area contributed by atoms with E-state index in [9.17, 15) is 9.90 Å². The van der Waals surface area contributed by atoms with Crippen molar-refractivity contribution in [2.45, 2.75) is 38.8 Å². The van der Waals surface area contributed by atoms with E-state index in [0.29, 0.717) is 12.5 Å². The number of nitrogens with zero attached hydrogens (tertiary/aromatic N) is 1. The van der Waals surface area contributed by atoms with Crippen molar-refractivity contribution < 1.29 is 14.6 Å². The van der Waals surface area contributed by atoms with Gasteiger partial charge in [-0.2, -0.15) is 0 Å². The number of amides is 1. The van der Waals surface area contributed by atoms with Crippen molar-refractivity contribution in [1.29, 1.82) is 0 Å². The number of aliphatic hydroxyl groups is 1. The van der Waals surface area contributed by atoms with Gasteiger partial charge in [0.2, 0.25) is 5.91 Å². The van der Waals surface area contributed by atoms with E-state index in [1.807, 2.05) is 31.2 Å². The maximum Gasteiger partial charge on any atom is 0.241 e. The fourth-order valence-corrected chi connectivity index (χ4v) is 2.87. The molecule has 1 aromatic carbocycles. The number of likely N-dealkylation sites (tertiary alicyclic amines) is 1. The molecule has 1 aliphatic rings. The summed E-state index contributed by atoms with van der Waals surface area (Å²) in [5, 5.41) is 13.0. The highest BCUT2D eigenvalue weighted by molar-refractivity contribution is 5.94. The predicted molar refractivity (Wildman–Crippen MR) is 87.1 cm³/mol. The van der Waals surface area contributed by atoms with Crippen LogP contribution in [0.3, 0.4) is 0 Å². The molecule has 0 spiro atoms. The predicted octanol–water partition coefficient (Wildman–Crippen LogP) is 2.12. The molecule has 1 saturated heterocycles. The number of carbonyl (C=O) groups excluding carboxylic acids is 1. The zero-order chi connectivity index (χ0) is 16.1. The molecule has 0 saturated carbocycles. The summed E-state index contributed by atoms with van der Waals surface area (Å²) in [7, 11) is 1.61. The van der Waals surface area contributed by atoms with Crippen LogP contribution in [0.5, 0.6) is 5.75 Å². The van der Waals surface area contributed by atoms with Crippen LogP contribution in [-0.4, -0.2) is 48.3 Å². The quantitative estimate of drug-likeness (QED) is 0.875. The molecule has 22 heavy (non-hydrogen) atoms. The van der Waals surface area contributed by atoms with Gasteiger partial charge in [0.1, 0.15) is 5.75 Å². The SMILES string of the molecule is CCC(C(=O)Nc1ccc(OC)cc1)N1CCC(C)C(O)C1. The van der Waals surface area contributed by atoms with Crippen LogP contribution in [0.15, 0.2) is 24.3 Å². The Hall–Kier alpha value is -1.59. The van der Waals surface area contributed by atoms with Gasteiger partial charge < -0.3 is 15.2 Å². The lowest BCUT2D eigenvalue weighted by molar-refractivity contribution is -0.123. The van der Waals surface area contributed by atoms with E-state index in [1.54, 1.807) is 7.11 Å². The van der Waals surface area contributed by atoms with Crippen molar-refractivity contribution in [2.75, 3.05) is 25.5 Å². The molecule has 0 radical (unpaired) electrons. The Morgan fingerprint density at radius 1 is 1.45 bits per heavy atom. The van der Waals surface area contributed by atoms with E-state index in [0.717, 1.165) is 30.8 Å². The average molecular weight is 306 g/mol. The smallest absolute Gasteiger partial charge is 0.241 e. The second-order valence-electron chi connectivity index (χ2n) is 5.97. The number of hydrogen-bond donors (Lipinski definition) is 2. The van der Waals surface area contributed by atoms with Crippen molar-refractivity contribution in [3.63, 3.8) is 0 Å². The summed E-state index contributed by atoms with van der Waals surface area (Å²) >= 11 is 0. The number of aliphatic hydroxyl groups excluding tert-OH is 1. The van der Waals surface area contributed by atoms with Gasteiger partial charge in [0, 0.05) is 12.2 Å². The summed E-state index contributed by atoms with van der Waals surface area (Å²) in [6, 6.07) is 7.10. The monoisotopic (exact) mass is 306 g/mol. The molecule has 122 valence electrons. The first-order valence-corrected chi connectivity index (χ1v) is 7.92. The van der Waals surface area contributed by atoms with Crippen LogP contribution in [-0.2, 0) is 4.79 Å². The van der Waals surface area contributed by atoms with Gasteiger partial charge in [-0.25, -0.2) is 0 Å². The Labute approximate surface area is 132 Å². The highest BCUT2D eigenvalue weighted by atomic mass is 16.5. The average Bonchev–Trinajstić information content (AvgIpc) is 2.52. The number of hydrogen-bond acceptors (Lipinski definition) is 4. The van der Waals surface area contributed by atoms with Gasteiger partial charge >= 0.3 is 0 Å². The highest BCUT2D eigenvalue weighted by Crippen LogP contribution is 2.21. The summed E-state index contributed by atoms with van der Waals surface area (Å²) in [6.07, 6.45) is 1.30. The number of piperidine rings is 1. The highest BCUT2D eigenvalue weighted by Gasteiger charge is 2.31. The molecular weight excluding hydrogens is 280 g/mol.